The van der Waals surface area contributed by atoms with Crippen LogP contribution in [0.25, 0.3) is 0 Å². The molecule has 0 bridgehead atoms. The van der Waals surface area contributed by atoms with Gasteiger partial charge in [0.05, 0.1) is 33.3 Å². The predicted molar refractivity (Wildman–Crippen MR) is 94.9 cm³/mol. The van der Waals surface area contributed by atoms with Gasteiger partial charge in [-0.05, 0) is 18.8 Å². The minimum atomic E-state index is -0.594. The summed E-state index contributed by atoms with van der Waals surface area (Å²) in [5.74, 6) is -0.800. The summed E-state index contributed by atoms with van der Waals surface area (Å²) in [7, 11) is 1.39. The number of amides is 1. The van der Waals surface area contributed by atoms with E-state index >= 15 is 0 Å². The van der Waals surface area contributed by atoms with Crippen LogP contribution in [0.1, 0.15) is 31.2 Å². The maximum atomic E-state index is 13.0. The molecule has 1 N–H and O–H groups in total. The second kappa shape index (κ2) is 8.48. The molecule has 0 radical (unpaired) electrons. The van der Waals surface area contributed by atoms with Crippen molar-refractivity contribution in [1.82, 2.24) is 4.90 Å². The number of carbonyl (C=O) groups is 2. The van der Waals surface area contributed by atoms with Gasteiger partial charge in [0.1, 0.15) is 12.5 Å². The Balaban J connectivity index is 1.57. The van der Waals surface area contributed by atoms with Crippen LogP contribution in [-0.2, 0) is 20.9 Å². The summed E-state index contributed by atoms with van der Waals surface area (Å²) in [6, 6.07) is 10.5. The van der Waals surface area contributed by atoms with Gasteiger partial charge in [-0.3, -0.25) is 9.59 Å². The quantitative estimate of drug-likeness (QED) is 0.637. The van der Waals surface area contributed by atoms with Crippen molar-refractivity contribution in [1.29, 1.82) is 0 Å². The van der Waals surface area contributed by atoms with E-state index in [1.54, 1.807) is 0 Å². The molecule has 1 aromatic rings. The molecule has 5 heteroatoms. The predicted octanol–water partition coefficient (Wildman–Crippen LogP) is 0.893. The number of carbonyl (C=O) groups excluding carboxylic acids is 2. The Kier molecular flexibility index (Phi) is 6.08. The van der Waals surface area contributed by atoms with Crippen molar-refractivity contribution >= 4 is 11.9 Å². The molecule has 0 spiro atoms. The van der Waals surface area contributed by atoms with Crippen LogP contribution in [0.2, 0.25) is 0 Å². The molecule has 136 valence electrons. The number of nitrogens with one attached hydrogen (secondary N) is 1. The van der Waals surface area contributed by atoms with Gasteiger partial charge in [-0.2, -0.15) is 0 Å². The van der Waals surface area contributed by atoms with E-state index in [1.165, 1.54) is 17.6 Å². The molecular formula is C20H29N2O3+. The van der Waals surface area contributed by atoms with Crippen LogP contribution >= 0.6 is 0 Å². The van der Waals surface area contributed by atoms with Crippen LogP contribution < -0.4 is 4.90 Å². The van der Waals surface area contributed by atoms with Crippen molar-refractivity contribution < 1.29 is 19.2 Å². The van der Waals surface area contributed by atoms with Crippen molar-refractivity contribution in [2.75, 3.05) is 33.3 Å². The van der Waals surface area contributed by atoms with E-state index in [2.05, 4.69) is 24.3 Å². The van der Waals surface area contributed by atoms with E-state index in [4.69, 9.17) is 4.74 Å². The van der Waals surface area contributed by atoms with Gasteiger partial charge in [0, 0.05) is 5.56 Å². The van der Waals surface area contributed by atoms with Gasteiger partial charge in [-0.15, -0.1) is 0 Å². The van der Waals surface area contributed by atoms with Crippen LogP contribution in [0.15, 0.2) is 30.3 Å². The number of ether oxygens (including phenoxy) is 1. The molecule has 2 fully saturated rings. The second-order valence-electron chi connectivity index (χ2n) is 7.28. The van der Waals surface area contributed by atoms with Gasteiger partial charge >= 0.3 is 5.97 Å². The van der Waals surface area contributed by atoms with Gasteiger partial charge in [0.2, 0.25) is 5.91 Å². The number of hydrogen-bond acceptors (Lipinski definition) is 3. The first-order valence-corrected chi connectivity index (χ1v) is 9.43. The lowest BCUT2D eigenvalue weighted by molar-refractivity contribution is -0.917. The fraction of sp³-hybridized carbons (Fsp3) is 0.600. The van der Waals surface area contributed by atoms with Crippen LogP contribution in [0.5, 0.6) is 0 Å². The number of esters is 1. The SMILES string of the molecule is COC(=O)C(C(=O)N1CC[NH+](Cc2ccccc2)CC1)C1CCCC1. The average molecular weight is 345 g/mol. The highest BCUT2D eigenvalue weighted by molar-refractivity contribution is 5.98. The van der Waals surface area contributed by atoms with E-state index in [0.717, 1.165) is 58.4 Å². The Labute approximate surface area is 149 Å². The molecule has 1 unspecified atom stereocenters. The number of piperazine rings is 1. The molecule has 1 heterocycles. The summed E-state index contributed by atoms with van der Waals surface area (Å²) < 4.78 is 4.95. The van der Waals surface area contributed by atoms with Crippen molar-refractivity contribution in [3.05, 3.63) is 35.9 Å². The molecule has 3 rings (SSSR count). The van der Waals surface area contributed by atoms with Gasteiger partial charge in [0.15, 0.2) is 0 Å². The number of methoxy groups -OCH3 is 1. The monoisotopic (exact) mass is 345 g/mol. The van der Waals surface area contributed by atoms with Crippen molar-refractivity contribution in [3.8, 4) is 0 Å². The number of quaternary nitrogens is 1. The molecule has 1 saturated heterocycles. The van der Waals surface area contributed by atoms with E-state index in [9.17, 15) is 9.59 Å². The molecule has 1 amide bonds. The molecule has 1 atom stereocenters. The maximum absolute atomic E-state index is 13.0. The van der Waals surface area contributed by atoms with Crippen LogP contribution in [-0.4, -0.2) is 50.1 Å². The zero-order valence-corrected chi connectivity index (χ0v) is 15.1. The molecule has 2 aliphatic rings. The summed E-state index contributed by atoms with van der Waals surface area (Å²) in [6.45, 7) is 4.30. The summed E-state index contributed by atoms with van der Waals surface area (Å²) in [5.41, 5.74) is 1.33. The van der Waals surface area contributed by atoms with Crippen LogP contribution in [0, 0.1) is 11.8 Å². The molecule has 1 aliphatic heterocycles. The number of hydrogen-bond donors (Lipinski definition) is 1. The molecule has 5 nitrogen and oxygen atoms in total. The lowest BCUT2D eigenvalue weighted by Crippen LogP contribution is -3.13. The largest absolute Gasteiger partial charge is 0.468 e. The normalized spacial score (nSPS) is 20.4. The third kappa shape index (κ3) is 4.40. The summed E-state index contributed by atoms with van der Waals surface area (Å²) in [4.78, 5) is 28.6. The van der Waals surface area contributed by atoms with Gasteiger partial charge in [0.25, 0.3) is 0 Å². The highest BCUT2D eigenvalue weighted by Gasteiger charge is 2.40. The first-order chi connectivity index (χ1) is 12.2. The minimum Gasteiger partial charge on any atom is -0.468 e. The van der Waals surface area contributed by atoms with E-state index in [0.29, 0.717) is 0 Å². The Bertz CT molecular complexity index is 576. The lowest BCUT2D eigenvalue weighted by Gasteiger charge is -2.34. The number of benzene rings is 1. The topological polar surface area (TPSA) is 51.1 Å². The van der Waals surface area contributed by atoms with E-state index in [-0.39, 0.29) is 17.8 Å². The van der Waals surface area contributed by atoms with Crippen LogP contribution in [0.3, 0.4) is 0 Å². The zero-order valence-electron chi connectivity index (χ0n) is 15.1. The maximum Gasteiger partial charge on any atom is 0.318 e. The lowest BCUT2D eigenvalue weighted by atomic mass is 9.89. The highest BCUT2D eigenvalue weighted by Crippen LogP contribution is 2.33. The molecule has 1 saturated carbocycles. The smallest absolute Gasteiger partial charge is 0.318 e. The third-order valence-electron chi connectivity index (χ3n) is 5.67. The second-order valence-corrected chi connectivity index (χ2v) is 7.28. The van der Waals surface area contributed by atoms with Crippen LogP contribution in [0.4, 0.5) is 0 Å². The van der Waals surface area contributed by atoms with Crippen molar-refractivity contribution in [2.45, 2.75) is 32.2 Å². The molecule has 1 aliphatic carbocycles. The Morgan fingerprint density at radius 3 is 2.40 bits per heavy atom. The Morgan fingerprint density at radius 2 is 1.80 bits per heavy atom. The molecule has 0 aromatic heterocycles. The zero-order chi connectivity index (χ0) is 17.6. The molecule has 25 heavy (non-hydrogen) atoms. The molecule has 1 aromatic carbocycles. The Hall–Kier alpha value is -1.88. The highest BCUT2D eigenvalue weighted by atomic mass is 16.5. The van der Waals surface area contributed by atoms with E-state index in [1.807, 2.05) is 11.0 Å². The minimum absolute atomic E-state index is 0.0162. The number of rotatable bonds is 5. The van der Waals surface area contributed by atoms with Gasteiger partial charge in [-0.25, -0.2) is 0 Å². The number of nitrogens with zero attached hydrogens (tertiary/aromatic N) is 1. The average Bonchev–Trinajstić information content (AvgIpc) is 3.17. The van der Waals surface area contributed by atoms with E-state index < -0.39 is 5.92 Å². The summed E-state index contributed by atoms with van der Waals surface area (Å²) in [6.07, 6.45) is 4.15. The molecular weight excluding hydrogens is 316 g/mol. The standard InChI is InChI=1S/C20H28N2O3/c1-25-20(24)18(17-9-5-6-10-17)19(23)22-13-11-21(12-14-22)15-16-7-3-2-4-8-16/h2-4,7-8,17-18H,5-6,9-15H2,1H3/p+1. The fourth-order valence-electron chi connectivity index (χ4n) is 4.21. The van der Waals surface area contributed by atoms with Gasteiger partial charge in [-0.1, -0.05) is 43.2 Å². The van der Waals surface area contributed by atoms with Crippen molar-refractivity contribution in [2.24, 2.45) is 11.8 Å². The summed E-state index contributed by atoms with van der Waals surface area (Å²) in [5, 5.41) is 0. The Morgan fingerprint density at radius 1 is 1.16 bits per heavy atom. The summed E-state index contributed by atoms with van der Waals surface area (Å²) >= 11 is 0. The third-order valence-corrected chi connectivity index (χ3v) is 5.67. The first-order valence-electron chi connectivity index (χ1n) is 9.43. The van der Waals surface area contributed by atoms with Crippen molar-refractivity contribution in [3.63, 3.8) is 0 Å². The first kappa shape index (κ1) is 17.9. The fourth-order valence-corrected chi connectivity index (χ4v) is 4.21. The van der Waals surface area contributed by atoms with Gasteiger partial charge < -0.3 is 14.5 Å².